The van der Waals surface area contributed by atoms with Crippen molar-refractivity contribution in [1.82, 2.24) is 0 Å². The first-order chi connectivity index (χ1) is 9.10. The third kappa shape index (κ3) is 3.83. The molecule has 0 radical (unpaired) electrons. The maximum Gasteiger partial charge on any atom is 0.138 e. The standard InChI is InChI=1S/C15H20ClNOS/c1-2-10-4-3-5-12(8-10)18-14-7-6-11(15(17)19)9-13(14)16/h6-7,9-10,12H,2-5,8H2,1H3,(H2,17,19). The van der Waals surface area contributed by atoms with Gasteiger partial charge in [-0.15, -0.1) is 0 Å². The van der Waals surface area contributed by atoms with E-state index in [1.54, 1.807) is 6.07 Å². The van der Waals surface area contributed by atoms with Gasteiger partial charge in [0.1, 0.15) is 10.7 Å². The van der Waals surface area contributed by atoms with Crippen molar-refractivity contribution in [1.29, 1.82) is 0 Å². The summed E-state index contributed by atoms with van der Waals surface area (Å²) in [5.41, 5.74) is 6.37. The van der Waals surface area contributed by atoms with E-state index in [0.717, 1.165) is 30.1 Å². The minimum absolute atomic E-state index is 0.284. The highest BCUT2D eigenvalue weighted by atomic mass is 35.5. The number of benzene rings is 1. The third-order valence-corrected chi connectivity index (χ3v) is 4.35. The Morgan fingerprint density at radius 3 is 2.89 bits per heavy atom. The Hall–Kier alpha value is -0.800. The zero-order valence-corrected chi connectivity index (χ0v) is 12.8. The molecule has 1 aliphatic carbocycles. The summed E-state index contributed by atoms with van der Waals surface area (Å²) in [6.07, 6.45) is 6.32. The van der Waals surface area contributed by atoms with E-state index in [0.29, 0.717) is 10.0 Å². The molecule has 1 aliphatic rings. The first-order valence-electron chi connectivity index (χ1n) is 6.86. The zero-order chi connectivity index (χ0) is 13.8. The fourth-order valence-electron chi connectivity index (χ4n) is 2.65. The van der Waals surface area contributed by atoms with E-state index in [2.05, 4.69) is 6.92 Å². The molecule has 2 unspecified atom stereocenters. The molecule has 2 N–H and O–H groups in total. The van der Waals surface area contributed by atoms with Gasteiger partial charge in [-0.25, -0.2) is 0 Å². The molecule has 1 aromatic carbocycles. The van der Waals surface area contributed by atoms with Crippen LogP contribution in [0.15, 0.2) is 18.2 Å². The van der Waals surface area contributed by atoms with Crippen molar-refractivity contribution < 1.29 is 4.74 Å². The van der Waals surface area contributed by atoms with Gasteiger partial charge in [-0.2, -0.15) is 0 Å². The van der Waals surface area contributed by atoms with Gasteiger partial charge < -0.3 is 10.5 Å². The van der Waals surface area contributed by atoms with Gasteiger partial charge in [0, 0.05) is 5.56 Å². The summed E-state index contributed by atoms with van der Waals surface area (Å²) in [6.45, 7) is 2.25. The van der Waals surface area contributed by atoms with Gasteiger partial charge in [0.2, 0.25) is 0 Å². The molecule has 1 saturated carbocycles. The van der Waals surface area contributed by atoms with Crippen molar-refractivity contribution in [3.05, 3.63) is 28.8 Å². The van der Waals surface area contributed by atoms with Crippen LogP contribution in [0.3, 0.4) is 0 Å². The first-order valence-corrected chi connectivity index (χ1v) is 7.64. The summed E-state index contributed by atoms with van der Waals surface area (Å²) in [7, 11) is 0. The lowest BCUT2D eigenvalue weighted by molar-refractivity contribution is 0.122. The zero-order valence-electron chi connectivity index (χ0n) is 11.2. The fraction of sp³-hybridized carbons (Fsp3) is 0.533. The molecule has 0 bridgehead atoms. The molecule has 0 heterocycles. The summed E-state index contributed by atoms with van der Waals surface area (Å²) < 4.78 is 6.04. The van der Waals surface area contributed by atoms with Gasteiger partial charge in [-0.1, -0.05) is 43.6 Å². The van der Waals surface area contributed by atoms with Crippen LogP contribution in [0.4, 0.5) is 0 Å². The van der Waals surface area contributed by atoms with Gasteiger partial charge >= 0.3 is 0 Å². The number of hydrogen-bond donors (Lipinski definition) is 1. The smallest absolute Gasteiger partial charge is 0.138 e. The molecule has 104 valence electrons. The van der Waals surface area contributed by atoms with Crippen LogP contribution in [0.25, 0.3) is 0 Å². The molecular weight excluding hydrogens is 278 g/mol. The first kappa shape index (κ1) is 14.6. The summed E-state index contributed by atoms with van der Waals surface area (Å²) in [4.78, 5) is 0.358. The van der Waals surface area contributed by atoms with Crippen molar-refractivity contribution in [2.45, 2.75) is 45.1 Å². The molecule has 1 aromatic rings. The maximum atomic E-state index is 6.22. The average Bonchev–Trinajstić information content (AvgIpc) is 2.41. The molecule has 0 amide bonds. The van der Waals surface area contributed by atoms with Crippen LogP contribution in [-0.2, 0) is 0 Å². The predicted molar refractivity (Wildman–Crippen MR) is 84.0 cm³/mol. The van der Waals surface area contributed by atoms with Gasteiger partial charge in [0.05, 0.1) is 11.1 Å². The molecule has 4 heteroatoms. The normalized spacial score (nSPS) is 23.1. The number of thiocarbonyl (C=S) groups is 1. The highest BCUT2D eigenvalue weighted by Gasteiger charge is 2.22. The average molecular weight is 298 g/mol. The molecule has 0 aromatic heterocycles. The van der Waals surface area contributed by atoms with Crippen molar-refractivity contribution in [2.75, 3.05) is 0 Å². The van der Waals surface area contributed by atoms with Crippen LogP contribution in [0.2, 0.25) is 5.02 Å². The fourth-order valence-corrected chi connectivity index (χ4v) is 3.00. The summed E-state index contributed by atoms with van der Waals surface area (Å²) in [6, 6.07) is 5.51. The summed E-state index contributed by atoms with van der Waals surface area (Å²) in [5, 5.41) is 0.587. The minimum Gasteiger partial charge on any atom is -0.489 e. The predicted octanol–water partition coefficient (Wildman–Crippen LogP) is 4.32. The largest absolute Gasteiger partial charge is 0.489 e. The van der Waals surface area contributed by atoms with Crippen LogP contribution in [0, 0.1) is 5.92 Å². The Balaban J connectivity index is 2.04. The van der Waals surface area contributed by atoms with Crippen LogP contribution in [-0.4, -0.2) is 11.1 Å². The topological polar surface area (TPSA) is 35.2 Å². The lowest BCUT2D eigenvalue weighted by Crippen LogP contribution is -2.25. The number of hydrogen-bond acceptors (Lipinski definition) is 2. The van der Waals surface area contributed by atoms with E-state index in [1.807, 2.05) is 12.1 Å². The lowest BCUT2D eigenvalue weighted by Gasteiger charge is -2.29. The van der Waals surface area contributed by atoms with E-state index < -0.39 is 0 Å². The van der Waals surface area contributed by atoms with E-state index >= 15 is 0 Å². The molecule has 2 nitrogen and oxygen atoms in total. The number of rotatable bonds is 4. The molecule has 1 fully saturated rings. The Morgan fingerprint density at radius 2 is 2.26 bits per heavy atom. The van der Waals surface area contributed by atoms with Gasteiger partial charge in [0.15, 0.2) is 0 Å². The molecule has 0 spiro atoms. The van der Waals surface area contributed by atoms with Crippen molar-refractivity contribution in [3.63, 3.8) is 0 Å². The summed E-state index contributed by atoms with van der Waals surface area (Å²) in [5.74, 6) is 1.52. The van der Waals surface area contributed by atoms with Crippen molar-refractivity contribution in [3.8, 4) is 5.75 Å². The summed E-state index contributed by atoms with van der Waals surface area (Å²) >= 11 is 11.2. The number of halogens is 1. The lowest BCUT2D eigenvalue weighted by atomic mass is 9.85. The van der Waals surface area contributed by atoms with Gasteiger partial charge in [0.25, 0.3) is 0 Å². The van der Waals surface area contributed by atoms with Gasteiger partial charge in [-0.3, -0.25) is 0 Å². The van der Waals surface area contributed by atoms with E-state index in [9.17, 15) is 0 Å². The maximum absolute atomic E-state index is 6.22. The number of nitrogens with two attached hydrogens (primary N) is 1. The highest BCUT2D eigenvalue weighted by Crippen LogP contribution is 2.32. The van der Waals surface area contributed by atoms with Crippen molar-refractivity contribution in [2.24, 2.45) is 11.7 Å². The van der Waals surface area contributed by atoms with Crippen LogP contribution < -0.4 is 10.5 Å². The Labute approximate surface area is 125 Å². The monoisotopic (exact) mass is 297 g/mol. The molecule has 2 atom stereocenters. The third-order valence-electron chi connectivity index (χ3n) is 3.82. The second kappa shape index (κ2) is 6.58. The van der Waals surface area contributed by atoms with E-state index in [-0.39, 0.29) is 6.10 Å². The van der Waals surface area contributed by atoms with Crippen LogP contribution in [0.5, 0.6) is 5.75 Å². The van der Waals surface area contributed by atoms with E-state index in [4.69, 9.17) is 34.3 Å². The molecule has 2 rings (SSSR count). The molecule has 19 heavy (non-hydrogen) atoms. The van der Waals surface area contributed by atoms with Crippen LogP contribution in [0.1, 0.15) is 44.6 Å². The Morgan fingerprint density at radius 1 is 1.47 bits per heavy atom. The number of ether oxygens (including phenoxy) is 1. The molecular formula is C15H20ClNOS. The SMILES string of the molecule is CCC1CCCC(Oc2ccc(C(N)=S)cc2Cl)C1. The molecule has 0 saturated heterocycles. The minimum atomic E-state index is 0.284. The van der Waals surface area contributed by atoms with Gasteiger partial charge in [-0.05, 0) is 43.4 Å². The van der Waals surface area contributed by atoms with Crippen LogP contribution >= 0.6 is 23.8 Å². The second-order valence-electron chi connectivity index (χ2n) is 5.19. The second-order valence-corrected chi connectivity index (χ2v) is 6.04. The van der Waals surface area contributed by atoms with Crippen molar-refractivity contribution >= 4 is 28.8 Å². The van der Waals surface area contributed by atoms with E-state index in [1.165, 1.54) is 19.3 Å². The highest BCUT2D eigenvalue weighted by molar-refractivity contribution is 7.80. The Bertz CT molecular complexity index is 463. The quantitative estimate of drug-likeness (QED) is 0.841. The molecule has 0 aliphatic heterocycles. The Kier molecular flexibility index (Phi) is 5.06.